The van der Waals surface area contributed by atoms with Gasteiger partial charge in [0.2, 0.25) is 11.8 Å². The molecule has 3 N–H and O–H groups in total. The monoisotopic (exact) mass is 305 g/mol. The second-order valence-corrected chi connectivity index (χ2v) is 6.08. The first kappa shape index (κ1) is 13.9. The van der Waals surface area contributed by atoms with Crippen LogP contribution in [-0.4, -0.2) is 36.1 Å². The molecule has 6 nitrogen and oxygen atoms in total. The molecule has 1 unspecified atom stereocenters. The summed E-state index contributed by atoms with van der Waals surface area (Å²) in [7, 11) is 0. The molecular formula is C14H15N3O3S. The summed E-state index contributed by atoms with van der Waals surface area (Å²) in [6.07, 6.45) is 1.08. The largest absolute Gasteiger partial charge is 0.354 e. The molecule has 0 aromatic heterocycles. The first-order valence-electron chi connectivity index (χ1n) is 6.76. The van der Waals surface area contributed by atoms with Crippen molar-refractivity contribution >= 4 is 35.2 Å². The minimum Gasteiger partial charge on any atom is -0.354 e. The maximum absolute atomic E-state index is 12.2. The third-order valence-electron chi connectivity index (χ3n) is 3.48. The molecule has 1 aromatic carbocycles. The summed E-state index contributed by atoms with van der Waals surface area (Å²) < 4.78 is 0. The summed E-state index contributed by atoms with van der Waals surface area (Å²) in [5, 5.41) is 8.40. The van der Waals surface area contributed by atoms with Gasteiger partial charge >= 0.3 is 0 Å². The van der Waals surface area contributed by atoms with Crippen LogP contribution >= 0.6 is 11.8 Å². The van der Waals surface area contributed by atoms with Crippen molar-refractivity contribution in [2.75, 3.05) is 17.6 Å². The van der Waals surface area contributed by atoms with Gasteiger partial charge in [0, 0.05) is 29.5 Å². The molecule has 21 heavy (non-hydrogen) atoms. The van der Waals surface area contributed by atoms with Crippen LogP contribution in [0.2, 0.25) is 0 Å². The van der Waals surface area contributed by atoms with Crippen LogP contribution in [0.4, 0.5) is 5.69 Å². The van der Waals surface area contributed by atoms with E-state index in [0.29, 0.717) is 36.4 Å². The van der Waals surface area contributed by atoms with Gasteiger partial charge < -0.3 is 16.0 Å². The summed E-state index contributed by atoms with van der Waals surface area (Å²) in [6, 6.07) is 5.24. The van der Waals surface area contributed by atoms with E-state index in [1.54, 1.807) is 12.1 Å². The molecular weight excluding hydrogens is 290 g/mol. The molecule has 3 amide bonds. The van der Waals surface area contributed by atoms with Crippen molar-refractivity contribution in [2.24, 2.45) is 0 Å². The number of hydrogen-bond acceptors (Lipinski definition) is 4. The quantitative estimate of drug-likeness (QED) is 0.752. The maximum Gasteiger partial charge on any atom is 0.251 e. The van der Waals surface area contributed by atoms with Crippen LogP contribution in [0, 0.1) is 0 Å². The van der Waals surface area contributed by atoms with E-state index in [-0.39, 0.29) is 23.8 Å². The number of piperidine rings is 1. The molecule has 1 atom stereocenters. The zero-order valence-electron chi connectivity index (χ0n) is 11.3. The standard InChI is InChI=1S/C14H15N3O3S/c18-12-4-2-9(6-15-12)16-14(20)8-1-3-11-10(5-8)17-13(19)7-21-11/h1,3,5,9H,2,4,6-7H2,(H,15,18)(H,16,20)(H,17,19). The number of nitrogens with one attached hydrogen (secondary N) is 3. The fourth-order valence-electron chi connectivity index (χ4n) is 2.35. The molecule has 2 aliphatic rings. The van der Waals surface area contributed by atoms with E-state index < -0.39 is 0 Å². The van der Waals surface area contributed by atoms with Gasteiger partial charge in [0.15, 0.2) is 0 Å². The van der Waals surface area contributed by atoms with Gasteiger partial charge in [0.05, 0.1) is 11.4 Å². The number of fused-ring (bicyclic) bond motifs is 1. The lowest BCUT2D eigenvalue weighted by molar-refractivity contribution is -0.122. The SMILES string of the molecule is O=C1CCC(NC(=O)c2ccc3c(c2)NC(=O)CS3)CN1. The summed E-state index contributed by atoms with van der Waals surface area (Å²) in [5.74, 6) is 0.179. The Morgan fingerprint density at radius 1 is 1.29 bits per heavy atom. The van der Waals surface area contributed by atoms with Gasteiger partial charge in [0.25, 0.3) is 5.91 Å². The third-order valence-corrected chi connectivity index (χ3v) is 4.55. The predicted octanol–water partition coefficient (Wildman–Crippen LogP) is 0.739. The number of benzene rings is 1. The van der Waals surface area contributed by atoms with Gasteiger partial charge in [-0.3, -0.25) is 14.4 Å². The highest BCUT2D eigenvalue weighted by Gasteiger charge is 2.21. The van der Waals surface area contributed by atoms with Gasteiger partial charge in [-0.1, -0.05) is 0 Å². The van der Waals surface area contributed by atoms with Crippen LogP contribution in [0.25, 0.3) is 0 Å². The van der Waals surface area contributed by atoms with Crippen molar-refractivity contribution in [3.05, 3.63) is 23.8 Å². The van der Waals surface area contributed by atoms with Gasteiger partial charge in [-0.15, -0.1) is 11.8 Å². The van der Waals surface area contributed by atoms with Crippen molar-refractivity contribution in [2.45, 2.75) is 23.8 Å². The van der Waals surface area contributed by atoms with E-state index in [2.05, 4.69) is 16.0 Å². The van der Waals surface area contributed by atoms with Crippen LogP contribution in [0.1, 0.15) is 23.2 Å². The number of carbonyl (C=O) groups excluding carboxylic acids is 3. The van der Waals surface area contributed by atoms with Crippen molar-refractivity contribution in [3.8, 4) is 0 Å². The Morgan fingerprint density at radius 3 is 2.90 bits per heavy atom. The Morgan fingerprint density at radius 2 is 2.14 bits per heavy atom. The molecule has 0 aliphatic carbocycles. The lowest BCUT2D eigenvalue weighted by Crippen LogP contribution is -2.47. The highest BCUT2D eigenvalue weighted by atomic mass is 32.2. The van der Waals surface area contributed by atoms with Crippen molar-refractivity contribution in [1.29, 1.82) is 0 Å². The minimum atomic E-state index is -0.191. The van der Waals surface area contributed by atoms with Crippen LogP contribution in [0.5, 0.6) is 0 Å². The summed E-state index contributed by atoms with van der Waals surface area (Å²) in [4.78, 5) is 35.7. The molecule has 2 heterocycles. The molecule has 0 saturated carbocycles. The second kappa shape index (κ2) is 5.77. The van der Waals surface area contributed by atoms with Gasteiger partial charge in [-0.2, -0.15) is 0 Å². The lowest BCUT2D eigenvalue weighted by Gasteiger charge is -2.24. The Labute approximate surface area is 126 Å². The Bertz CT molecular complexity index is 607. The van der Waals surface area contributed by atoms with E-state index in [9.17, 15) is 14.4 Å². The Hall–Kier alpha value is -2.02. The molecule has 2 aliphatic heterocycles. The molecule has 1 fully saturated rings. The van der Waals surface area contributed by atoms with E-state index in [4.69, 9.17) is 0 Å². The summed E-state index contributed by atoms with van der Waals surface area (Å²) >= 11 is 1.46. The average Bonchev–Trinajstić information content (AvgIpc) is 2.48. The molecule has 1 aromatic rings. The van der Waals surface area contributed by atoms with E-state index in [1.165, 1.54) is 11.8 Å². The van der Waals surface area contributed by atoms with Gasteiger partial charge in [-0.25, -0.2) is 0 Å². The zero-order valence-corrected chi connectivity index (χ0v) is 12.1. The highest BCUT2D eigenvalue weighted by molar-refractivity contribution is 8.00. The molecule has 7 heteroatoms. The smallest absolute Gasteiger partial charge is 0.251 e. The first-order chi connectivity index (χ1) is 10.1. The van der Waals surface area contributed by atoms with Crippen LogP contribution in [-0.2, 0) is 9.59 Å². The van der Waals surface area contributed by atoms with Crippen molar-refractivity contribution in [1.82, 2.24) is 10.6 Å². The van der Waals surface area contributed by atoms with Gasteiger partial charge in [0.1, 0.15) is 0 Å². The highest BCUT2D eigenvalue weighted by Crippen LogP contribution is 2.31. The molecule has 0 spiro atoms. The normalized spacial score (nSPS) is 21.0. The second-order valence-electron chi connectivity index (χ2n) is 5.06. The molecule has 0 radical (unpaired) electrons. The van der Waals surface area contributed by atoms with Crippen LogP contribution < -0.4 is 16.0 Å². The predicted molar refractivity (Wildman–Crippen MR) is 79.3 cm³/mol. The van der Waals surface area contributed by atoms with E-state index >= 15 is 0 Å². The van der Waals surface area contributed by atoms with Crippen molar-refractivity contribution in [3.63, 3.8) is 0 Å². The molecule has 110 valence electrons. The number of amides is 3. The number of anilines is 1. The topological polar surface area (TPSA) is 87.3 Å². The third kappa shape index (κ3) is 3.18. The maximum atomic E-state index is 12.2. The number of thioether (sulfide) groups is 1. The van der Waals surface area contributed by atoms with E-state index in [0.717, 1.165) is 4.90 Å². The van der Waals surface area contributed by atoms with E-state index in [1.807, 2.05) is 6.07 Å². The Balaban J connectivity index is 1.69. The zero-order chi connectivity index (χ0) is 14.8. The van der Waals surface area contributed by atoms with Crippen LogP contribution in [0.3, 0.4) is 0 Å². The molecule has 0 bridgehead atoms. The number of rotatable bonds is 2. The summed E-state index contributed by atoms with van der Waals surface area (Å²) in [6.45, 7) is 0.460. The fraction of sp³-hybridized carbons (Fsp3) is 0.357. The lowest BCUT2D eigenvalue weighted by atomic mass is 10.1. The van der Waals surface area contributed by atoms with Crippen molar-refractivity contribution < 1.29 is 14.4 Å². The van der Waals surface area contributed by atoms with Crippen LogP contribution in [0.15, 0.2) is 23.1 Å². The minimum absolute atomic E-state index is 0.0222. The number of hydrogen-bond donors (Lipinski definition) is 3. The first-order valence-corrected chi connectivity index (χ1v) is 7.74. The fourth-order valence-corrected chi connectivity index (χ4v) is 3.14. The average molecular weight is 305 g/mol. The Kier molecular flexibility index (Phi) is 3.83. The molecule has 1 saturated heterocycles. The number of carbonyl (C=O) groups is 3. The molecule has 3 rings (SSSR count). The van der Waals surface area contributed by atoms with Gasteiger partial charge in [-0.05, 0) is 24.6 Å². The summed E-state index contributed by atoms with van der Waals surface area (Å²) in [5.41, 5.74) is 1.19.